The number of hydrogen-bond acceptors (Lipinski definition) is 2. The number of nitrogens with zero attached hydrogens (tertiary/aromatic N) is 1. The van der Waals surface area contributed by atoms with Gasteiger partial charge in [0.05, 0.1) is 6.07 Å². The monoisotopic (exact) mass is 300 g/mol. The van der Waals surface area contributed by atoms with E-state index in [1.807, 2.05) is 72.8 Å². The lowest BCUT2D eigenvalue weighted by molar-refractivity contribution is -0.121. The van der Waals surface area contributed by atoms with Gasteiger partial charge in [0.1, 0.15) is 0 Å². The molecule has 1 N–H and O–H groups in total. The molecule has 0 aromatic heterocycles. The van der Waals surface area contributed by atoms with Crippen molar-refractivity contribution in [3.05, 3.63) is 83.9 Å². The molecule has 112 valence electrons. The highest BCUT2D eigenvalue weighted by atomic mass is 16.1. The van der Waals surface area contributed by atoms with Crippen LogP contribution in [0.3, 0.4) is 0 Å². The van der Waals surface area contributed by atoms with Gasteiger partial charge in [-0.25, -0.2) is 0 Å². The Labute approximate surface area is 135 Å². The van der Waals surface area contributed by atoms with Crippen molar-refractivity contribution in [2.24, 2.45) is 0 Å². The average molecular weight is 300 g/mol. The van der Waals surface area contributed by atoms with Crippen molar-refractivity contribution >= 4 is 16.7 Å². The molecule has 0 heterocycles. The van der Waals surface area contributed by atoms with Crippen molar-refractivity contribution in [2.75, 3.05) is 0 Å². The molecule has 0 spiro atoms. The van der Waals surface area contributed by atoms with E-state index in [-0.39, 0.29) is 5.91 Å². The summed E-state index contributed by atoms with van der Waals surface area (Å²) >= 11 is 0. The van der Waals surface area contributed by atoms with Gasteiger partial charge in [-0.15, -0.1) is 0 Å². The summed E-state index contributed by atoms with van der Waals surface area (Å²) in [7, 11) is 0. The van der Waals surface area contributed by atoms with Crippen LogP contribution >= 0.6 is 0 Å². The van der Waals surface area contributed by atoms with Crippen molar-refractivity contribution in [3.8, 4) is 6.07 Å². The number of nitriles is 1. The molecule has 0 radical (unpaired) electrons. The standard InChI is InChI=1S/C20H16N2O/c21-13-19(20(23)22-14-15-7-2-1-3-8-15)18-12-6-10-16-9-4-5-11-17(16)18/h1-12,19H,14H2,(H,22,23). The molecule has 0 aliphatic carbocycles. The Morgan fingerprint density at radius 2 is 1.65 bits per heavy atom. The molecule has 3 heteroatoms. The largest absolute Gasteiger partial charge is 0.351 e. The second kappa shape index (κ2) is 6.76. The lowest BCUT2D eigenvalue weighted by Gasteiger charge is -2.13. The van der Waals surface area contributed by atoms with Crippen LogP contribution in [0.5, 0.6) is 0 Å². The number of nitrogens with one attached hydrogen (secondary N) is 1. The third-order valence-corrected chi connectivity index (χ3v) is 3.84. The SMILES string of the molecule is N#CC(C(=O)NCc1ccccc1)c1cccc2ccccc12. The van der Waals surface area contributed by atoms with Crippen LogP contribution in [0.25, 0.3) is 10.8 Å². The molecule has 0 fully saturated rings. The number of hydrogen-bond donors (Lipinski definition) is 1. The fourth-order valence-electron chi connectivity index (χ4n) is 2.66. The molecule has 1 unspecified atom stereocenters. The Hall–Kier alpha value is -3.12. The van der Waals surface area contributed by atoms with E-state index in [2.05, 4.69) is 11.4 Å². The van der Waals surface area contributed by atoms with E-state index in [0.717, 1.165) is 21.9 Å². The molecule has 23 heavy (non-hydrogen) atoms. The maximum absolute atomic E-state index is 12.5. The van der Waals surface area contributed by atoms with E-state index in [1.165, 1.54) is 0 Å². The molecule has 0 bridgehead atoms. The molecule has 3 aromatic rings. The Bertz CT molecular complexity index is 860. The summed E-state index contributed by atoms with van der Waals surface area (Å²) in [6.45, 7) is 0.419. The van der Waals surface area contributed by atoms with Gasteiger partial charge >= 0.3 is 0 Å². The lowest BCUT2D eigenvalue weighted by atomic mass is 9.93. The second-order valence-corrected chi connectivity index (χ2v) is 5.33. The first-order chi connectivity index (χ1) is 11.3. The summed E-state index contributed by atoms with van der Waals surface area (Å²) in [5.74, 6) is -1.09. The van der Waals surface area contributed by atoms with Crippen LogP contribution in [0.15, 0.2) is 72.8 Å². The second-order valence-electron chi connectivity index (χ2n) is 5.33. The zero-order valence-corrected chi connectivity index (χ0v) is 12.6. The first-order valence-electron chi connectivity index (χ1n) is 7.48. The van der Waals surface area contributed by atoms with Gasteiger partial charge in [0.15, 0.2) is 5.92 Å². The molecular weight excluding hydrogens is 284 g/mol. The van der Waals surface area contributed by atoms with E-state index in [1.54, 1.807) is 0 Å². The molecular formula is C20H16N2O. The molecule has 1 amide bonds. The van der Waals surface area contributed by atoms with Crippen LogP contribution in [0.2, 0.25) is 0 Å². The molecule has 3 aromatic carbocycles. The van der Waals surface area contributed by atoms with Gasteiger partial charge in [-0.1, -0.05) is 72.8 Å². The minimum absolute atomic E-state index is 0.271. The Morgan fingerprint density at radius 3 is 2.43 bits per heavy atom. The summed E-state index contributed by atoms with van der Waals surface area (Å²) in [5.41, 5.74) is 1.76. The normalized spacial score (nSPS) is 11.6. The summed E-state index contributed by atoms with van der Waals surface area (Å²) in [5, 5.41) is 14.3. The fourth-order valence-corrected chi connectivity index (χ4v) is 2.66. The maximum atomic E-state index is 12.5. The number of benzene rings is 3. The fraction of sp³-hybridized carbons (Fsp3) is 0.100. The highest BCUT2D eigenvalue weighted by molar-refractivity contribution is 5.94. The molecule has 0 saturated heterocycles. The van der Waals surface area contributed by atoms with Gasteiger partial charge < -0.3 is 5.32 Å². The molecule has 0 aliphatic rings. The third kappa shape index (κ3) is 3.22. The van der Waals surface area contributed by atoms with Gasteiger partial charge in [-0.2, -0.15) is 5.26 Å². The van der Waals surface area contributed by atoms with E-state index < -0.39 is 5.92 Å². The zero-order valence-electron chi connectivity index (χ0n) is 12.6. The van der Waals surface area contributed by atoms with Crippen LogP contribution in [0, 0.1) is 11.3 Å². The van der Waals surface area contributed by atoms with E-state index >= 15 is 0 Å². The van der Waals surface area contributed by atoms with E-state index in [9.17, 15) is 10.1 Å². The van der Waals surface area contributed by atoms with Gasteiger partial charge in [-0.3, -0.25) is 4.79 Å². The highest BCUT2D eigenvalue weighted by Crippen LogP contribution is 2.25. The molecule has 0 saturated carbocycles. The quantitative estimate of drug-likeness (QED) is 0.797. The van der Waals surface area contributed by atoms with Crippen molar-refractivity contribution in [1.82, 2.24) is 5.32 Å². The minimum atomic E-state index is -0.815. The number of amides is 1. The predicted molar refractivity (Wildman–Crippen MR) is 90.6 cm³/mol. The number of carbonyl (C=O) groups is 1. The van der Waals surface area contributed by atoms with Crippen LogP contribution in [0.4, 0.5) is 0 Å². The van der Waals surface area contributed by atoms with E-state index in [4.69, 9.17) is 0 Å². The lowest BCUT2D eigenvalue weighted by Crippen LogP contribution is -2.28. The van der Waals surface area contributed by atoms with Crippen LogP contribution in [0.1, 0.15) is 17.0 Å². The first kappa shape index (κ1) is 14.8. The number of rotatable bonds is 4. The zero-order chi connectivity index (χ0) is 16.1. The molecule has 1 atom stereocenters. The van der Waals surface area contributed by atoms with Crippen molar-refractivity contribution in [1.29, 1.82) is 5.26 Å². The Balaban J connectivity index is 1.84. The first-order valence-corrected chi connectivity index (χ1v) is 7.48. The van der Waals surface area contributed by atoms with Crippen LogP contribution in [-0.4, -0.2) is 5.91 Å². The smallest absolute Gasteiger partial charge is 0.242 e. The summed E-state index contributed by atoms with van der Waals surface area (Å²) in [4.78, 5) is 12.5. The Morgan fingerprint density at radius 1 is 0.957 bits per heavy atom. The van der Waals surface area contributed by atoms with E-state index in [0.29, 0.717) is 6.54 Å². The van der Waals surface area contributed by atoms with Gasteiger partial charge in [0.2, 0.25) is 5.91 Å². The molecule has 0 aliphatic heterocycles. The number of fused-ring (bicyclic) bond motifs is 1. The summed E-state index contributed by atoms with van der Waals surface area (Å²) < 4.78 is 0. The summed E-state index contributed by atoms with van der Waals surface area (Å²) in [6, 6.07) is 25.3. The van der Waals surface area contributed by atoms with Crippen molar-refractivity contribution in [2.45, 2.75) is 12.5 Å². The number of carbonyl (C=O) groups excluding carboxylic acids is 1. The van der Waals surface area contributed by atoms with Gasteiger partial charge in [0.25, 0.3) is 0 Å². The van der Waals surface area contributed by atoms with Crippen LogP contribution < -0.4 is 5.32 Å². The van der Waals surface area contributed by atoms with Crippen LogP contribution in [-0.2, 0) is 11.3 Å². The third-order valence-electron chi connectivity index (χ3n) is 3.84. The highest BCUT2D eigenvalue weighted by Gasteiger charge is 2.21. The maximum Gasteiger partial charge on any atom is 0.242 e. The summed E-state index contributed by atoms with van der Waals surface area (Å²) in [6.07, 6.45) is 0. The Kier molecular flexibility index (Phi) is 4.35. The topological polar surface area (TPSA) is 52.9 Å². The molecule has 3 nitrogen and oxygen atoms in total. The van der Waals surface area contributed by atoms with Gasteiger partial charge in [-0.05, 0) is 21.9 Å². The minimum Gasteiger partial charge on any atom is -0.351 e. The average Bonchev–Trinajstić information content (AvgIpc) is 2.62. The van der Waals surface area contributed by atoms with Crippen molar-refractivity contribution < 1.29 is 4.79 Å². The van der Waals surface area contributed by atoms with Gasteiger partial charge in [0, 0.05) is 6.54 Å². The van der Waals surface area contributed by atoms with Crippen molar-refractivity contribution in [3.63, 3.8) is 0 Å². The molecule has 3 rings (SSSR count). The predicted octanol–water partition coefficient (Wildman–Crippen LogP) is 3.76.